The number of ether oxygens (including phenoxy) is 1. The van der Waals surface area contributed by atoms with Crippen molar-refractivity contribution in [3.8, 4) is 5.75 Å². The van der Waals surface area contributed by atoms with Gasteiger partial charge < -0.3 is 28.7 Å². The average molecular weight is 425 g/mol. The zero-order chi connectivity index (χ0) is 14.6. The number of rotatable bonds is 1. The van der Waals surface area contributed by atoms with Gasteiger partial charge in [-0.3, -0.25) is 0 Å². The number of nitrogens with zero attached hydrogens (tertiary/aromatic N) is 1. The molecular weight excluding hydrogens is 412 g/mol. The molecule has 5 heteroatoms. The molecule has 0 saturated heterocycles. The molecule has 0 bridgehead atoms. The first-order valence-electron chi connectivity index (χ1n) is 6.67. The number of methoxy groups -OCH3 is 1. The molecule has 0 radical (unpaired) electrons. The molecule has 0 aliphatic rings. The van der Waals surface area contributed by atoms with Crippen molar-refractivity contribution in [3.63, 3.8) is 0 Å². The van der Waals surface area contributed by atoms with Crippen molar-refractivity contribution in [3.05, 3.63) is 48.4 Å². The molecule has 0 spiro atoms. The summed E-state index contributed by atoms with van der Waals surface area (Å²) in [5, 5.41) is 2.70. The fourth-order valence-electron chi connectivity index (χ4n) is 2.98. The van der Waals surface area contributed by atoms with E-state index in [-0.39, 0.29) is 29.8 Å². The van der Waals surface area contributed by atoms with E-state index in [1.165, 1.54) is 6.07 Å². The van der Waals surface area contributed by atoms with Gasteiger partial charge in [0.2, 0.25) is 0 Å². The number of hydrogen-bond donors (Lipinski definition) is 0. The summed E-state index contributed by atoms with van der Waals surface area (Å²) in [6.07, 6.45) is 2.05. The van der Waals surface area contributed by atoms with Gasteiger partial charge in [0.15, 0.2) is 11.9 Å². The molecule has 0 saturated carbocycles. The van der Waals surface area contributed by atoms with Crippen molar-refractivity contribution < 1.29 is 37.7 Å². The van der Waals surface area contributed by atoms with Crippen LogP contribution in [-0.4, -0.2) is 7.11 Å². The summed E-state index contributed by atoms with van der Waals surface area (Å²) in [6.45, 7) is 0. The molecule has 0 amide bonds. The summed E-state index contributed by atoms with van der Waals surface area (Å²) in [6, 6.07) is 11.2. The highest BCUT2D eigenvalue weighted by atomic mass is 127. The van der Waals surface area contributed by atoms with Gasteiger partial charge in [-0.1, -0.05) is 12.1 Å². The first-order valence-corrected chi connectivity index (χ1v) is 7.48. The van der Waals surface area contributed by atoms with E-state index in [0.29, 0.717) is 5.39 Å². The van der Waals surface area contributed by atoms with Crippen LogP contribution in [0.2, 0.25) is 0 Å². The lowest BCUT2D eigenvalue weighted by atomic mass is 10.1. The summed E-state index contributed by atoms with van der Waals surface area (Å²) < 4.78 is 23.9. The first-order chi connectivity index (χ1) is 10.2. The highest BCUT2D eigenvalue weighted by molar-refractivity contribution is 7.26. The van der Waals surface area contributed by atoms with Crippen molar-refractivity contribution in [2.24, 2.45) is 7.05 Å². The van der Waals surface area contributed by atoms with E-state index in [2.05, 4.69) is 0 Å². The van der Waals surface area contributed by atoms with E-state index in [0.717, 1.165) is 31.4 Å². The van der Waals surface area contributed by atoms with Gasteiger partial charge in [-0.05, 0) is 24.3 Å². The molecule has 4 aromatic rings. The third-order valence-corrected chi connectivity index (χ3v) is 4.93. The SMILES string of the molecule is COc1cccc2c3c(c[n+](C)c12)sc1cccc(F)c13.[I-]. The number of benzene rings is 2. The van der Waals surface area contributed by atoms with Crippen molar-refractivity contribution in [2.75, 3.05) is 7.11 Å². The fourth-order valence-corrected chi connectivity index (χ4v) is 4.19. The van der Waals surface area contributed by atoms with Gasteiger partial charge in [0.1, 0.15) is 17.6 Å². The van der Waals surface area contributed by atoms with Gasteiger partial charge in [0.25, 0.3) is 5.52 Å². The normalized spacial score (nSPS) is 11.0. The smallest absolute Gasteiger partial charge is 0.255 e. The quantitative estimate of drug-likeness (QED) is 0.330. The molecule has 0 unspecified atom stereocenters. The lowest BCUT2D eigenvalue weighted by molar-refractivity contribution is -0.643. The highest BCUT2D eigenvalue weighted by Crippen LogP contribution is 2.39. The van der Waals surface area contributed by atoms with Gasteiger partial charge in [-0.25, -0.2) is 4.39 Å². The third-order valence-electron chi connectivity index (χ3n) is 3.84. The second-order valence-corrected chi connectivity index (χ2v) is 6.13. The third kappa shape index (κ3) is 2.06. The van der Waals surface area contributed by atoms with E-state index >= 15 is 0 Å². The largest absolute Gasteiger partial charge is 1.00 e. The minimum absolute atomic E-state index is 0. The molecule has 2 aromatic carbocycles. The summed E-state index contributed by atoms with van der Waals surface area (Å²) >= 11 is 1.62. The molecule has 112 valence electrons. The predicted octanol–water partition coefficient (Wildman–Crippen LogP) is 1.18. The van der Waals surface area contributed by atoms with Crippen LogP contribution in [0.3, 0.4) is 0 Å². The Bertz CT molecular complexity index is 1010. The molecule has 0 fully saturated rings. The Morgan fingerprint density at radius 1 is 1.05 bits per heavy atom. The molecule has 0 aliphatic carbocycles. The summed E-state index contributed by atoms with van der Waals surface area (Å²) in [7, 11) is 3.65. The lowest BCUT2D eigenvalue weighted by Crippen LogP contribution is -3.00. The zero-order valence-electron chi connectivity index (χ0n) is 12.1. The summed E-state index contributed by atoms with van der Waals surface area (Å²) in [4.78, 5) is 0. The molecule has 0 N–H and O–H groups in total. The maximum atomic E-state index is 14.3. The molecule has 4 rings (SSSR count). The number of thiophene rings is 1. The van der Waals surface area contributed by atoms with Gasteiger partial charge in [0, 0.05) is 15.5 Å². The zero-order valence-corrected chi connectivity index (χ0v) is 15.0. The van der Waals surface area contributed by atoms with E-state index in [9.17, 15) is 4.39 Å². The van der Waals surface area contributed by atoms with E-state index in [1.54, 1.807) is 24.5 Å². The van der Waals surface area contributed by atoms with Crippen LogP contribution in [0, 0.1) is 5.82 Å². The van der Waals surface area contributed by atoms with Gasteiger partial charge in [0.05, 0.1) is 12.5 Å². The number of pyridine rings is 1. The maximum absolute atomic E-state index is 14.3. The Morgan fingerprint density at radius 3 is 2.59 bits per heavy atom. The van der Waals surface area contributed by atoms with Gasteiger partial charge >= 0.3 is 0 Å². The van der Waals surface area contributed by atoms with Gasteiger partial charge in [-0.15, -0.1) is 11.3 Å². The molecule has 2 nitrogen and oxygen atoms in total. The number of aromatic nitrogens is 1. The molecule has 0 atom stereocenters. The second kappa shape index (κ2) is 5.62. The molecular formula is C17H13FINOS. The second-order valence-electron chi connectivity index (χ2n) is 5.05. The Balaban J connectivity index is 0.00000144. The number of fused-ring (bicyclic) bond motifs is 5. The monoisotopic (exact) mass is 425 g/mol. The topological polar surface area (TPSA) is 13.1 Å². The Kier molecular flexibility index (Phi) is 3.94. The van der Waals surface area contributed by atoms with E-state index in [1.807, 2.05) is 42.1 Å². The Hall–Kier alpha value is -1.47. The Labute approximate surface area is 148 Å². The highest BCUT2D eigenvalue weighted by Gasteiger charge is 2.20. The summed E-state index contributed by atoms with van der Waals surface area (Å²) in [5.41, 5.74) is 0.982. The van der Waals surface area contributed by atoms with Crippen LogP contribution in [0.25, 0.3) is 31.1 Å². The van der Waals surface area contributed by atoms with Crippen LogP contribution in [0.1, 0.15) is 0 Å². The van der Waals surface area contributed by atoms with Crippen LogP contribution in [0.5, 0.6) is 5.75 Å². The van der Waals surface area contributed by atoms with E-state index in [4.69, 9.17) is 4.74 Å². The van der Waals surface area contributed by atoms with Crippen LogP contribution in [0.15, 0.2) is 42.6 Å². The minimum atomic E-state index is -0.170. The molecule has 22 heavy (non-hydrogen) atoms. The van der Waals surface area contributed by atoms with Crippen molar-refractivity contribution in [1.82, 2.24) is 0 Å². The van der Waals surface area contributed by atoms with Crippen molar-refractivity contribution in [1.29, 1.82) is 0 Å². The molecule has 2 aromatic heterocycles. The standard InChI is InChI=1S/C17H13FNOS.HI/c1-19-9-14-15(10-5-3-7-12(20-2)17(10)19)16-11(18)6-4-8-13(16)21-14;/h3-9H,1-2H3;1H/q+1;/p-1. The summed E-state index contributed by atoms with van der Waals surface area (Å²) in [5.74, 6) is 0.629. The first kappa shape index (κ1) is 15.4. The molecule has 0 aliphatic heterocycles. The van der Waals surface area contributed by atoms with Crippen molar-refractivity contribution >= 4 is 42.4 Å². The van der Waals surface area contributed by atoms with Gasteiger partial charge in [-0.2, -0.15) is 4.57 Å². The minimum Gasteiger partial charge on any atom is -1.00 e. The average Bonchev–Trinajstić information content (AvgIpc) is 2.86. The van der Waals surface area contributed by atoms with Crippen LogP contribution in [-0.2, 0) is 7.05 Å². The van der Waals surface area contributed by atoms with Crippen LogP contribution >= 0.6 is 11.3 Å². The Morgan fingerprint density at radius 2 is 1.82 bits per heavy atom. The number of para-hydroxylation sites is 1. The van der Waals surface area contributed by atoms with Crippen molar-refractivity contribution in [2.45, 2.75) is 0 Å². The lowest BCUT2D eigenvalue weighted by Gasteiger charge is -2.04. The predicted molar refractivity (Wildman–Crippen MR) is 84.5 cm³/mol. The maximum Gasteiger partial charge on any atom is 0.255 e. The number of aryl methyl sites for hydroxylation is 1. The molecule has 2 heterocycles. The van der Waals surface area contributed by atoms with Crippen LogP contribution < -0.4 is 33.3 Å². The van der Waals surface area contributed by atoms with E-state index < -0.39 is 0 Å². The fraction of sp³-hybridized carbons (Fsp3) is 0.118. The number of hydrogen-bond acceptors (Lipinski definition) is 2. The van der Waals surface area contributed by atoms with Crippen LogP contribution in [0.4, 0.5) is 4.39 Å². The number of halogens is 2.